The Bertz CT molecular complexity index is 552. The molecule has 1 aliphatic carbocycles. The maximum Gasteiger partial charge on any atom is 0.310 e. The van der Waals surface area contributed by atoms with Crippen LogP contribution in [0.15, 0.2) is 18.2 Å². The number of ether oxygens (including phenoxy) is 2. The van der Waals surface area contributed by atoms with Gasteiger partial charge in [-0.15, -0.1) is 0 Å². The molecular formula is C17H23NO4. The van der Waals surface area contributed by atoms with Crippen LogP contribution in [-0.2, 0) is 14.3 Å². The van der Waals surface area contributed by atoms with Crippen LogP contribution in [0.3, 0.4) is 0 Å². The third kappa shape index (κ3) is 5.06. The van der Waals surface area contributed by atoms with Crippen LogP contribution < -0.4 is 10.1 Å². The molecule has 0 bridgehead atoms. The average Bonchev–Trinajstić information content (AvgIpc) is 3.26. The lowest BCUT2D eigenvalue weighted by Gasteiger charge is -2.14. The number of carbonyl (C=O) groups is 2. The highest BCUT2D eigenvalue weighted by molar-refractivity contribution is 5.83. The lowest BCUT2D eigenvalue weighted by Crippen LogP contribution is -2.37. The van der Waals surface area contributed by atoms with Gasteiger partial charge >= 0.3 is 5.97 Å². The van der Waals surface area contributed by atoms with Gasteiger partial charge in [0.25, 0.3) is 5.91 Å². The number of hydrogen-bond donors (Lipinski definition) is 1. The van der Waals surface area contributed by atoms with Crippen LogP contribution in [0.25, 0.3) is 0 Å². The van der Waals surface area contributed by atoms with E-state index in [0.717, 1.165) is 29.7 Å². The second-order valence-electron chi connectivity index (χ2n) is 5.78. The van der Waals surface area contributed by atoms with E-state index in [1.165, 1.54) is 0 Å². The maximum atomic E-state index is 11.7. The van der Waals surface area contributed by atoms with Crippen molar-refractivity contribution in [2.75, 3.05) is 6.61 Å². The Labute approximate surface area is 131 Å². The molecule has 0 heterocycles. The first-order valence-corrected chi connectivity index (χ1v) is 7.65. The zero-order valence-electron chi connectivity index (χ0n) is 13.3. The van der Waals surface area contributed by atoms with Gasteiger partial charge in [-0.1, -0.05) is 12.1 Å². The minimum Gasteiger partial charge on any atom is -0.493 e. The second-order valence-corrected chi connectivity index (χ2v) is 5.78. The summed E-state index contributed by atoms with van der Waals surface area (Å²) in [5.41, 5.74) is 2.13. The monoisotopic (exact) mass is 305 g/mol. The normalized spacial score (nSPS) is 15.0. The van der Waals surface area contributed by atoms with Crippen LogP contribution in [0.4, 0.5) is 0 Å². The number of hydrogen-bond acceptors (Lipinski definition) is 4. The Morgan fingerprint density at radius 1 is 1.32 bits per heavy atom. The number of amides is 1. The minimum absolute atomic E-state index is 0.119. The van der Waals surface area contributed by atoms with E-state index in [9.17, 15) is 9.59 Å². The molecule has 1 N–H and O–H groups in total. The molecule has 1 saturated carbocycles. The van der Waals surface area contributed by atoms with Gasteiger partial charge in [-0.25, -0.2) is 0 Å². The van der Waals surface area contributed by atoms with E-state index in [2.05, 4.69) is 5.32 Å². The van der Waals surface area contributed by atoms with E-state index >= 15 is 0 Å². The molecular weight excluding hydrogens is 282 g/mol. The summed E-state index contributed by atoms with van der Waals surface area (Å²) < 4.78 is 10.7. The van der Waals surface area contributed by atoms with Crippen molar-refractivity contribution in [3.8, 4) is 5.75 Å². The van der Waals surface area contributed by atoms with Gasteiger partial charge in [0.2, 0.25) is 0 Å². The van der Waals surface area contributed by atoms with Gasteiger partial charge in [-0.3, -0.25) is 9.59 Å². The molecule has 5 nitrogen and oxygen atoms in total. The average molecular weight is 305 g/mol. The van der Waals surface area contributed by atoms with E-state index in [4.69, 9.17) is 9.47 Å². The molecule has 120 valence electrons. The van der Waals surface area contributed by atoms with Crippen LogP contribution in [0, 0.1) is 13.8 Å². The van der Waals surface area contributed by atoms with Crippen molar-refractivity contribution in [3.63, 3.8) is 0 Å². The molecule has 5 heteroatoms. The summed E-state index contributed by atoms with van der Waals surface area (Å²) in [6.45, 7) is 5.76. The van der Waals surface area contributed by atoms with Crippen molar-refractivity contribution in [1.82, 2.24) is 5.32 Å². The molecule has 0 aromatic heterocycles. The largest absolute Gasteiger partial charge is 0.493 e. The van der Waals surface area contributed by atoms with E-state index in [1.807, 2.05) is 32.0 Å². The predicted molar refractivity (Wildman–Crippen MR) is 82.7 cm³/mol. The minimum atomic E-state index is -0.756. The molecule has 0 radical (unpaired) electrons. The highest BCUT2D eigenvalue weighted by Gasteiger charge is 2.27. The summed E-state index contributed by atoms with van der Waals surface area (Å²) in [6, 6.07) is 6.19. The standard InChI is InChI=1S/C17H23NO4/c1-11-4-5-12(2)15(10-11)21-9-8-16(19)22-13(3)17(20)18-14-6-7-14/h4-5,10,13-14H,6-9H2,1-3H3,(H,18,20)/t13-/m1/s1. The number of carbonyl (C=O) groups excluding carboxylic acids is 2. The van der Waals surface area contributed by atoms with Crippen molar-refractivity contribution >= 4 is 11.9 Å². The van der Waals surface area contributed by atoms with Crippen LogP contribution in [0.5, 0.6) is 5.75 Å². The highest BCUT2D eigenvalue weighted by atomic mass is 16.5. The zero-order chi connectivity index (χ0) is 16.1. The van der Waals surface area contributed by atoms with Gasteiger partial charge in [0.1, 0.15) is 5.75 Å². The van der Waals surface area contributed by atoms with Gasteiger partial charge < -0.3 is 14.8 Å². The Kier molecular flexibility index (Phi) is 5.41. The molecule has 0 saturated heterocycles. The molecule has 1 aliphatic rings. The van der Waals surface area contributed by atoms with Gasteiger partial charge in [0.15, 0.2) is 6.10 Å². The van der Waals surface area contributed by atoms with Gasteiger partial charge in [0.05, 0.1) is 13.0 Å². The topological polar surface area (TPSA) is 64.6 Å². The van der Waals surface area contributed by atoms with Gasteiger partial charge in [-0.05, 0) is 50.8 Å². The molecule has 1 aromatic carbocycles. The van der Waals surface area contributed by atoms with Crippen molar-refractivity contribution in [2.45, 2.75) is 52.2 Å². The van der Waals surface area contributed by atoms with E-state index in [0.29, 0.717) is 0 Å². The van der Waals surface area contributed by atoms with Crippen LogP contribution in [0.2, 0.25) is 0 Å². The maximum absolute atomic E-state index is 11.7. The molecule has 1 amide bonds. The van der Waals surface area contributed by atoms with Crippen molar-refractivity contribution < 1.29 is 19.1 Å². The van der Waals surface area contributed by atoms with Crippen molar-refractivity contribution in [2.24, 2.45) is 0 Å². The zero-order valence-corrected chi connectivity index (χ0v) is 13.3. The highest BCUT2D eigenvalue weighted by Crippen LogP contribution is 2.20. The predicted octanol–water partition coefficient (Wildman–Crippen LogP) is 2.28. The molecule has 0 aliphatic heterocycles. The summed E-state index contributed by atoms with van der Waals surface area (Å²) in [7, 11) is 0. The number of rotatable bonds is 7. The number of benzene rings is 1. The van der Waals surface area contributed by atoms with Gasteiger partial charge in [0, 0.05) is 6.04 Å². The molecule has 22 heavy (non-hydrogen) atoms. The Hall–Kier alpha value is -2.04. The molecule has 0 unspecified atom stereocenters. The van der Waals surface area contributed by atoms with E-state index < -0.39 is 12.1 Å². The Morgan fingerprint density at radius 2 is 2.05 bits per heavy atom. The Balaban J connectivity index is 1.70. The molecule has 1 aromatic rings. The third-order valence-corrected chi connectivity index (χ3v) is 3.51. The lowest BCUT2D eigenvalue weighted by atomic mass is 10.1. The first-order chi connectivity index (χ1) is 10.5. The fourth-order valence-corrected chi connectivity index (χ4v) is 1.96. The first-order valence-electron chi connectivity index (χ1n) is 7.65. The van der Waals surface area contributed by atoms with E-state index in [1.54, 1.807) is 6.92 Å². The van der Waals surface area contributed by atoms with Crippen LogP contribution in [-0.4, -0.2) is 30.6 Å². The second kappa shape index (κ2) is 7.29. The van der Waals surface area contributed by atoms with E-state index in [-0.39, 0.29) is 25.0 Å². The fraction of sp³-hybridized carbons (Fsp3) is 0.529. The third-order valence-electron chi connectivity index (χ3n) is 3.51. The number of aryl methyl sites for hydroxylation is 2. The van der Waals surface area contributed by atoms with Crippen molar-refractivity contribution in [1.29, 1.82) is 0 Å². The number of nitrogens with one attached hydrogen (secondary N) is 1. The quantitative estimate of drug-likeness (QED) is 0.785. The molecule has 0 spiro atoms. The summed E-state index contributed by atoms with van der Waals surface area (Å²) in [5.74, 6) is 0.113. The molecule has 1 fully saturated rings. The Morgan fingerprint density at radius 3 is 2.73 bits per heavy atom. The lowest BCUT2D eigenvalue weighted by molar-refractivity contribution is -0.155. The summed E-state index contributed by atoms with van der Waals surface area (Å²) in [4.78, 5) is 23.4. The summed E-state index contributed by atoms with van der Waals surface area (Å²) in [6.07, 6.45) is 1.38. The van der Waals surface area contributed by atoms with Crippen LogP contribution in [0.1, 0.15) is 37.3 Å². The fourth-order valence-electron chi connectivity index (χ4n) is 1.96. The summed E-state index contributed by atoms with van der Waals surface area (Å²) >= 11 is 0. The van der Waals surface area contributed by atoms with Crippen LogP contribution >= 0.6 is 0 Å². The number of esters is 1. The first kappa shape index (κ1) is 16.3. The van der Waals surface area contributed by atoms with Crippen molar-refractivity contribution in [3.05, 3.63) is 29.3 Å². The molecule has 2 rings (SSSR count). The SMILES string of the molecule is Cc1ccc(C)c(OCCC(=O)O[C@H](C)C(=O)NC2CC2)c1. The smallest absolute Gasteiger partial charge is 0.310 e. The summed E-state index contributed by atoms with van der Waals surface area (Å²) in [5, 5.41) is 2.81. The van der Waals surface area contributed by atoms with Gasteiger partial charge in [-0.2, -0.15) is 0 Å². The molecule has 1 atom stereocenters.